The molecule has 0 fully saturated rings. The van der Waals surface area contributed by atoms with Crippen LogP contribution >= 0.6 is 12.2 Å². The highest BCUT2D eigenvalue weighted by Gasteiger charge is 2.61. The third kappa shape index (κ3) is 8.03. The maximum absolute atomic E-state index is 13.1. The smallest absolute Gasteiger partial charge is 0.426 e. The fraction of sp³-hybridized carbons (Fsp3) is 0.241. The van der Waals surface area contributed by atoms with Gasteiger partial charge in [-0.15, -0.1) is 5.10 Å². The van der Waals surface area contributed by atoms with E-state index in [2.05, 4.69) is 44.6 Å². The van der Waals surface area contributed by atoms with Gasteiger partial charge in [0.2, 0.25) is 0 Å². The number of amides is 2. The van der Waals surface area contributed by atoms with Gasteiger partial charge in [0.1, 0.15) is 12.1 Å². The molecular weight excluding hydrogens is 591 g/mol. The number of thiocarbonyl (C=S) groups is 1. The van der Waals surface area contributed by atoms with Gasteiger partial charge in [-0.2, -0.15) is 22.0 Å². The van der Waals surface area contributed by atoms with Crippen LogP contribution in [0.1, 0.15) is 36.5 Å². The standard InChI is InChI=1S/C29H27F5N6O2S/c1-17(2)23-13-4-18(3)14-24(23)37-27(43)38-26(41)35-15-19-5-7-20(8-6-19)25-36-16-40(39-25)21-9-11-22(12-10-21)42-29(33,34)28(30,31)32/h4-14,16-17H,15H2,1-3H3,(H3,35,37,38,41,43). The first kappa shape index (κ1) is 31.3. The highest BCUT2D eigenvalue weighted by atomic mass is 32.1. The largest absolute Gasteiger partial charge is 0.499 e. The first-order valence-electron chi connectivity index (χ1n) is 12.9. The molecule has 0 saturated heterocycles. The first-order chi connectivity index (χ1) is 20.2. The Morgan fingerprint density at radius 3 is 2.30 bits per heavy atom. The van der Waals surface area contributed by atoms with E-state index in [0.717, 1.165) is 34.5 Å². The second-order valence-electron chi connectivity index (χ2n) is 9.83. The van der Waals surface area contributed by atoms with E-state index in [1.165, 1.54) is 23.1 Å². The van der Waals surface area contributed by atoms with E-state index in [1.807, 2.05) is 25.1 Å². The molecule has 2 amide bonds. The number of nitrogens with zero attached hydrogens (tertiary/aromatic N) is 3. The number of benzene rings is 3. The summed E-state index contributed by atoms with van der Waals surface area (Å²) >= 11 is 5.31. The van der Waals surface area contributed by atoms with Gasteiger partial charge in [0.05, 0.1) is 5.69 Å². The molecule has 0 bridgehead atoms. The lowest BCUT2D eigenvalue weighted by Gasteiger charge is -2.20. The van der Waals surface area contributed by atoms with Crippen LogP contribution in [-0.2, 0) is 6.54 Å². The predicted octanol–water partition coefficient (Wildman–Crippen LogP) is 7.10. The van der Waals surface area contributed by atoms with E-state index < -0.39 is 24.1 Å². The number of carbonyl (C=O) groups is 1. The van der Waals surface area contributed by atoms with Crippen molar-refractivity contribution < 1.29 is 31.5 Å². The topological polar surface area (TPSA) is 93.1 Å². The van der Waals surface area contributed by atoms with Crippen molar-refractivity contribution in [3.63, 3.8) is 0 Å². The molecule has 4 aromatic rings. The van der Waals surface area contributed by atoms with Gasteiger partial charge in [0.15, 0.2) is 10.9 Å². The van der Waals surface area contributed by atoms with Crippen molar-refractivity contribution in [1.82, 2.24) is 25.4 Å². The Hall–Kier alpha value is -4.59. The molecule has 0 aliphatic carbocycles. The summed E-state index contributed by atoms with van der Waals surface area (Å²) in [5.74, 6) is -0.0466. The molecule has 0 spiro atoms. The van der Waals surface area contributed by atoms with E-state index in [0.29, 0.717) is 17.1 Å². The van der Waals surface area contributed by atoms with Crippen LogP contribution in [0.5, 0.6) is 5.75 Å². The van der Waals surface area contributed by atoms with Gasteiger partial charge in [-0.3, -0.25) is 5.32 Å². The maximum atomic E-state index is 13.1. The van der Waals surface area contributed by atoms with Crippen molar-refractivity contribution in [2.24, 2.45) is 0 Å². The Balaban J connectivity index is 1.30. The monoisotopic (exact) mass is 618 g/mol. The molecule has 14 heteroatoms. The van der Waals surface area contributed by atoms with Crippen molar-refractivity contribution in [2.45, 2.75) is 45.5 Å². The quantitative estimate of drug-likeness (QED) is 0.144. The summed E-state index contributed by atoms with van der Waals surface area (Å²) in [5, 5.41) is 12.9. The van der Waals surface area contributed by atoms with Crippen LogP contribution in [0.25, 0.3) is 17.1 Å². The molecule has 1 heterocycles. The Labute approximate surface area is 249 Å². The molecule has 0 atom stereocenters. The van der Waals surface area contributed by atoms with Crippen LogP contribution in [0, 0.1) is 6.92 Å². The summed E-state index contributed by atoms with van der Waals surface area (Å²) in [7, 11) is 0. The fourth-order valence-electron chi connectivity index (χ4n) is 3.93. The number of hydrogen-bond acceptors (Lipinski definition) is 5. The minimum absolute atomic E-state index is 0.170. The number of rotatable bonds is 8. The van der Waals surface area contributed by atoms with E-state index >= 15 is 0 Å². The first-order valence-corrected chi connectivity index (χ1v) is 13.3. The maximum Gasteiger partial charge on any atom is 0.499 e. The second-order valence-corrected chi connectivity index (χ2v) is 10.2. The Morgan fingerprint density at radius 1 is 1.00 bits per heavy atom. The number of urea groups is 1. The van der Waals surface area contributed by atoms with Crippen LogP contribution in [0.2, 0.25) is 0 Å². The molecule has 0 radical (unpaired) electrons. The van der Waals surface area contributed by atoms with Gasteiger partial charge < -0.3 is 15.4 Å². The average Bonchev–Trinajstić information content (AvgIpc) is 3.42. The molecule has 0 aliphatic rings. The van der Waals surface area contributed by atoms with Gasteiger partial charge >= 0.3 is 18.3 Å². The lowest BCUT2D eigenvalue weighted by molar-refractivity contribution is -0.360. The van der Waals surface area contributed by atoms with Gasteiger partial charge in [0, 0.05) is 17.8 Å². The Kier molecular flexibility index (Phi) is 9.28. The SMILES string of the molecule is Cc1ccc(C(C)C)c(NC(=S)NC(=O)NCc2ccc(-c3ncn(-c4ccc(OC(F)(F)C(F)(F)F)cc4)n3)cc2)c1. The van der Waals surface area contributed by atoms with Crippen molar-refractivity contribution in [3.05, 3.63) is 89.7 Å². The number of alkyl halides is 5. The van der Waals surface area contributed by atoms with Crippen LogP contribution in [-0.4, -0.2) is 38.2 Å². The Bertz CT molecular complexity index is 1590. The molecule has 1 aromatic heterocycles. The molecule has 4 rings (SSSR count). The van der Waals surface area contributed by atoms with Crippen LogP contribution in [0.4, 0.5) is 32.4 Å². The number of carbonyl (C=O) groups excluding carboxylic acids is 1. The molecule has 0 unspecified atom stereocenters. The minimum Gasteiger partial charge on any atom is -0.426 e. The summed E-state index contributed by atoms with van der Waals surface area (Å²) in [6.45, 7) is 6.34. The molecule has 43 heavy (non-hydrogen) atoms. The molecule has 226 valence electrons. The second kappa shape index (κ2) is 12.7. The van der Waals surface area contributed by atoms with E-state index in [4.69, 9.17) is 12.2 Å². The summed E-state index contributed by atoms with van der Waals surface area (Å²) in [6, 6.07) is 17.1. The van der Waals surface area contributed by atoms with Crippen molar-refractivity contribution in [1.29, 1.82) is 0 Å². The van der Waals surface area contributed by atoms with Gasteiger partial charge in [-0.1, -0.05) is 50.2 Å². The number of halogens is 5. The van der Waals surface area contributed by atoms with E-state index in [9.17, 15) is 26.7 Å². The van der Waals surface area contributed by atoms with Crippen molar-refractivity contribution >= 4 is 29.0 Å². The van der Waals surface area contributed by atoms with Gasteiger partial charge in [0.25, 0.3) is 0 Å². The fourth-order valence-corrected chi connectivity index (χ4v) is 4.13. The van der Waals surface area contributed by atoms with Crippen LogP contribution in [0.3, 0.4) is 0 Å². The van der Waals surface area contributed by atoms with Gasteiger partial charge in [-0.25, -0.2) is 14.5 Å². The number of aromatic nitrogens is 3. The lowest BCUT2D eigenvalue weighted by atomic mass is 9.99. The summed E-state index contributed by atoms with van der Waals surface area (Å²) in [5.41, 5.74) is 4.79. The zero-order chi connectivity index (χ0) is 31.4. The minimum atomic E-state index is -5.84. The van der Waals surface area contributed by atoms with Crippen molar-refractivity contribution in [3.8, 4) is 22.8 Å². The normalized spacial score (nSPS) is 11.7. The zero-order valence-corrected chi connectivity index (χ0v) is 24.0. The zero-order valence-electron chi connectivity index (χ0n) is 23.2. The highest BCUT2D eigenvalue weighted by molar-refractivity contribution is 7.80. The molecule has 0 aliphatic heterocycles. The van der Waals surface area contributed by atoms with E-state index in [1.54, 1.807) is 24.3 Å². The average molecular weight is 619 g/mol. The lowest BCUT2D eigenvalue weighted by Crippen LogP contribution is -2.41. The predicted molar refractivity (Wildman–Crippen MR) is 155 cm³/mol. The van der Waals surface area contributed by atoms with Crippen LogP contribution in [0.15, 0.2) is 73.1 Å². The van der Waals surface area contributed by atoms with Gasteiger partial charge in [-0.05, 0) is 72.1 Å². The summed E-state index contributed by atoms with van der Waals surface area (Å²) in [4.78, 5) is 16.6. The summed E-state index contributed by atoms with van der Waals surface area (Å²) < 4.78 is 68.4. The number of aryl methyl sites for hydroxylation is 1. The highest BCUT2D eigenvalue weighted by Crippen LogP contribution is 2.37. The Morgan fingerprint density at radius 2 is 1.67 bits per heavy atom. The van der Waals surface area contributed by atoms with Crippen LogP contribution < -0.4 is 20.7 Å². The number of nitrogens with one attached hydrogen (secondary N) is 3. The third-order valence-electron chi connectivity index (χ3n) is 6.14. The van der Waals surface area contributed by atoms with Crippen molar-refractivity contribution in [2.75, 3.05) is 5.32 Å². The molecule has 3 aromatic carbocycles. The summed E-state index contributed by atoms with van der Waals surface area (Å²) in [6.07, 6.45) is -9.79. The van der Waals surface area contributed by atoms with E-state index in [-0.39, 0.29) is 17.6 Å². The number of hydrogen-bond donors (Lipinski definition) is 3. The molecule has 8 nitrogen and oxygen atoms in total. The number of ether oxygens (including phenoxy) is 1. The molecule has 0 saturated carbocycles. The molecule has 3 N–H and O–H groups in total. The third-order valence-corrected chi connectivity index (χ3v) is 6.34. The molecular formula is C29H27F5N6O2S. The number of anilines is 1.